The number of hydrogen-bond acceptors (Lipinski definition) is 1. The van der Waals surface area contributed by atoms with Gasteiger partial charge < -0.3 is 4.74 Å². The molecule has 0 atom stereocenters. The van der Waals surface area contributed by atoms with E-state index in [-0.39, 0.29) is 0 Å². The molecule has 0 saturated carbocycles. The number of benzene rings is 1. The van der Waals surface area contributed by atoms with Crippen LogP contribution in [0.3, 0.4) is 0 Å². The molecule has 0 bridgehead atoms. The number of methoxy groups -OCH3 is 1. The normalized spacial score (nSPS) is 11.4. The van der Waals surface area contributed by atoms with Crippen LogP contribution in [0.15, 0.2) is 29.6 Å². The van der Waals surface area contributed by atoms with Gasteiger partial charge in [-0.15, -0.1) is 0 Å². The van der Waals surface area contributed by atoms with E-state index in [9.17, 15) is 4.39 Å². The molecule has 12 heavy (non-hydrogen) atoms. The van der Waals surface area contributed by atoms with Crippen LogP contribution in [0.25, 0.3) is 6.08 Å². The van der Waals surface area contributed by atoms with Crippen LogP contribution in [0.4, 0.5) is 4.39 Å². The first-order valence-electron chi connectivity index (χ1n) is 3.39. The Morgan fingerprint density at radius 2 is 2.00 bits per heavy atom. The Hall–Kier alpha value is -1.02. The Morgan fingerprint density at radius 3 is 2.42 bits per heavy atom. The van der Waals surface area contributed by atoms with Crippen molar-refractivity contribution < 1.29 is 9.13 Å². The van der Waals surface area contributed by atoms with Gasteiger partial charge in [0.2, 0.25) is 0 Å². The van der Waals surface area contributed by atoms with Gasteiger partial charge in [0.1, 0.15) is 5.75 Å². The van der Waals surface area contributed by atoms with E-state index in [0.717, 1.165) is 5.75 Å². The van der Waals surface area contributed by atoms with Gasteiger partial charge in [-0.05, 0) is 23.8 Å². The Kier molecular flexibility index (Phi) is 3.11. The molecule has 0 heterocycles. The molecule has 0 aliphatic rings. The van der Waals surface area contributed by atoms with E-state index in [1.165, 1.54) is 6.08 Å². The third kappa shape index (κ3) is 2.55. The van der Waals surface area contributed by atoms with Gasteiger partial charge in [-0.25, -0.2) is 0 Å². The Bertz CT molecular complexity index is 275. The van der Waals surface area contributed by atoms with Crippen LogP contribution in [0.1, 0.15) is 5.56 Å². The van der Waals surface area contributed by atoms with E-state index in [0.29, 0.717) is 5.56 Å². The van der Waals surface area contributed by atoms with Gasteiger partial charge in [0.05, 0.1) is 7.11 Å². The van der Waals surface area contributed by atoms with Gasteiger partial charge >= 0.3 is 0 Å². The highest BCUT2D eigenvalue weighted by Gasteiger charge is 1.92. The van der Waals surface area contributed by atoms with Crippen molar-refractivity contribution in [2.45, 2.75) is 0 Å². The van der Waals surface area contributed by atoms with Crippen LogP contribution in [-0.2, 0) is 0 Å². The fourth-order valence-corrected chi connectivity index (χ4v) is 0.952. The molecule has 0 unspecified atom stereocenters. The zero-order valence-corrected chi connectivity index (χ0v) is 7.31. The predicted molar refractivity (Wildman–Crippen MR) is 47.9 cm³/mol. The third-order valence-electron chi connectivity index (χ3n) is 1.39. The van der Waals surface area contributed by atoms with Gasteiger partial charge in [0.15, 0.2) is 5.29 Å². The molecule has 3 heteroatoms. The topological polar surface area (TPSA) is 9.23 Å². The van der Waals surface area contributed by atoms with Crippen molar-refractivity contribution in [1.82, 2.24) is 0 Å². The van der Waals surface area contributed by atoms with Gasteiger partial charge in [0.25, 0.3) is 0 Å². The highest BCUT2D eigenvalue weighted by Crippen LogP contribution is 2.15. The maximum Gasteiger partial charge on any atom is 0.189 e. The van der Waals surface area contributed by atoms with Gasteiger partial charge in [-0.2, -0.15) is 4.39 Å². The predicted octanol–water partition coefficient (Wildman–Crippen LogP) is 3.20. The SMILES string of the molecule is COc1ccc(/C=C(\F)Cl)cc1. The summed E-state index contributed by atoms with van der Waals surface area (Å²) in [5.41, 5.74) is 0.711. The van der Waals surface area contributed by atoms with Crippen molar-refractivity contribution >= 4 is 17.7 Å². The second-order valence-electron chi connectivity index (χ2n) is 2.21. The fourth-order valence-electron chi connectivity index (χ4n) is 0.826. The molecule has 64 valence electrons. The van der Waals surface area contributed by atoms with Crippen LogP contribution >= 0.6 is 11.6 Å². The minimum atomic E-state index is -0.722. The molecule has 0 aromatic heterocycles. The lowest BCUT2D eigenvalue weighted by molar-refractivity contribution is 0.415. The minimum Gasteiger partial charge on any atom is -0.497 e. The number of hydrogen-bond donors (Lipinski definition) is 0. The van der Waals surface area contributed by atoms with Gasteiger partial charge in [-0.3, -0.25) is 0 Å². The van der Waals surface area contributed by atoms with Crippen molar-refractivity contribution in [2.75, 3.05) is 7.11 Å². The van der Waals surface area contributed by atoms with Crippen molar-refractivity contribution in [3.8, 4) is 5.75 Å². The van der Waals surface area contributed by atoms with Crippen LogP contribution in [-0.4, -0.2) is 7.11 Å². The van der Waals surface area contributed by atoms with Crippen molar-refractivity contribution in [3.05, 3.63) is 35.1 Å². The maximum absolute atomic E-state index is 12.2. The largest absolute Gasteiger partial charge is 0.497 e. The molecule has 0 radical (unpaired) electrons. The minimum absolute atomic E-state index is 0.711. The molecule has 0 aliphatic heterocycles. The van der Waals surface area contributed by atoms with Gasteiger partial charge in [0, 0.05) is 0 Å². The second kappa shape index (κ2) is 4.12. The van der Waals surface area contributed by atoms with E-state index in [2.05, 4.69) is 0 Å². The molecule has 0 saturated heterocycles. The summed E-state index contributed by atoms with van der Waals surface area (Å²) in [7, 11) is 1.58. The second-order valence-corrected chi connectivity index (χ2v) is 2.57. The summed E-state index contributed by atoms with van der Waals surface area (Å²) in [6.45, 7) is 0. The summed E-state index contributed by atoms with van der Waals surface area (Å²) in [6, 6.07) is 6.93. The van der Waals surface area contributed by atoms with E-state index in [4.69, 9.17) is 16.3 Å². The quantitative estimate of drug-likeness (QED) is 0.689. The van der Waals surface area contributed by atoms with Crippen molar-refractivity contribution in [1.29, 1.82) is 0 Å². The zero-order chi connectivity index (χ0) is 8.97. The monoisotopic (exact) mass is 186 g/mol. The maximum atomic E-state index is 12.2. The molecular formula is C9H8ClFO. The standard InChI is InChI=1S/C9H8ClFO/c1-12-8-4-2-7(3-5-8)6-9(10)11/h2-6H,1H3/b9-6-. The lowest BCUT2D eigenvalue weighted by Gasteiger charge is -1.98. The summed E-state index contributed by atoms with van der Waals surface area (Å²) < 4.78 is 17.1. The van der Waals surface area contributed by atoms with Crippen LogP contribution < -0.4 is 4.74 Å². The lowest BCUT2D eigenvalue weighted by atomic mass is 10.2. The third-order valence-corrected chi connectivity index (χ3v) is 1.50. The van der Waals surface area contributed by atoms with Crippen LogP contribution in [0.5, 0.6) is 5.75 Å². The smallest absolute Gasteiger partial charge is 0.189 e. The van der Waals surface area contributed by atoms with E-state index < -0.39 is 5.29 Å². The molecule has 1 aromatic rings. The van der Waals surface area contributed by atoms with Gasteiger partial charge in [-0.1, -0.05) is 23.7 Å². The lowest BCUT2D eigenvalue weighted by Crippen LogP contribution is -1.81. The molecule has 0 N–H and O–H groups in total. The molecule has 1 rings (SSSR count). The first-order chi connectivity index (χ1) is 5.72. The van der Waals surface area contributed by atoms with E-state index >= 15 is 0 Å². The Balaban J connectivity index is 2.85. The zero-order valence-electron chi connectivity index (χ0n) is 6.55. The molecule has 0 aliphatic carbocycles. The number of rotatable bonds is 2. The van der Waals surface area contributed by atoms with Crippen LogP contribution in [0, 0.1) is 0 Å². The highest BCUT2D eigenvalue weighted by molar-refractivity contribution is 6.30. The summed E-state index contributed by atoms with van der Waals surface area (Å²) in [6.07, 6.45) is 1.24. The van der Waals surface area contributed by atoms with Crippen LogP contribution in [0.2, 0.25) is 0 Å². The summed E-state index contributed by atoms with van der Waals surface area (Å²) in [5.74, 6) is 0.738. The molecule has 1 aromatic carbocycles. The molecule has 0 fully saturated rings. The Labute approximate surface area is 75.4 Å². The summed E-state index contributed by atoms with van der Waals surface area (Å²) in [4.78, 5) is 0. The highest BCUT2D eigenvalue weighted by atomic mass is 35.5. The molecular weight excluding hydrogens is 179 g/mol. The summed E-state index contributed by atoms with van der Waals surface area (Å²) in [5, 5.41) is -0.722. The average molecular weight is 187 g/mol. The average Bonchev–Trinajstić information content (AvgIpc) is 2.05. The number of halogens is 2. The summed E-state index contributed by atoms with van der Waals surface area (Å²) >= 11 is 5.05. The molecule has 1 nitrogen and oxygen atoms in total. The fraction of sp³-hybridized carbons (Fsp3) is 0.111. The van der Waals surface area contributed by atoms with E-state index in [1.54, 1.807) is 31.4 Å². The van der Waals surface area contributed by atoms with E-state index in [1.807, 2.05) is 0 Å². The first-order valence-corrected chi connectivity index (χ1v) is 3.77. The molecule has 0 spiro atoms. The first kappa shape index (κ1) is 9.07. The number of ether oxygens (including phenoxy) is 1. The van der Waals surface area contributed by atoms with Crippen molar-refractivity contribution in [3.63, 3.8) is 0 Å². The van der Waals surface area contributed by atoms with Crippen molar-refractivity contribution in [2.24, 2.45) is 0 Å². The Morgan fingerprint density at radius 1 is 1.42 bits per heavy atom. The molecule has 0 amide bonds.